The Hall–Kier alpha value is -1.10. The van der Waals surface area contributed by atoms with Gasteiger partial charge in [-0.15, -0.1) is 0 Å². The second kappa shape index (κ2) is 6.37. The summed E-state index contributed by atoms with van der Waals surface area (Å²) in [5.41, 5.74) is 0. The fourth-order valence-corrected chi connectivity index (χ4v) is 2.82. The first-order chi connectivity index (χ1) is 9.11. The summed E-state index contributed by atoms with van der Waals surface area (Å²) in [6.45, 7) is 4.86. The van der Waals surface area contributed by atoms with Crippen molar-refractivity contribution in [3.05, 3.63) is 0 Å². The predicted octanol–water partition coefficient (Wildman–Crippen LogP) is 0.882. The second-order valence-corrected chi connectivity index (χ2v) is 5.52. The number of carbonyl (C=O) groups excluding carboxylic acids is 2. The summed E-state index contributed by atoms with van der Waals surface area (Å²) in [7, 11) is 1.80. The van der Waals surface area contributed by atoms with Crippen molar-refractivity contribution in [2.75, 3.05) is 33.3 Å². The molecule has 0 saturated carbocycles. The van der Waals surface area contributed by atoms with Crippen molar-refractivity contribution < 1.29 is 14.3 Å². The molecule has 2 fully saturated rings. The third-order valence-electron chi connectivity index (χ3n) is 4.15. The number of rotatable bonds is 4. The first-order valence-corrected chi connectivity index (χ1v) is 7.26. The van der Waals surface area contributed by atoms with Crippen molar-refractivity contribution >= 4 is 11.8 Å². The maximum absolute atomic E-state index is 12.5. The van der Waals surface area contributed by atoms with E-state index in [1.165, 1.54) is 0 Å². The highest BCUT2D eigenvalue weighted by molar-refractivity contribution is 5.86. The van der Waals surface area contributed by atoms with E-state index < -0.39 is 0 Å². The van der Waals surface area contributed by atoms with Crippen LogP contribution in [0.2, 0.25) is 0 Å². The molecule has 2 aliphatic heterocycles. The van der Waals surface area contributed by atoms with E-state index >= 15 is 0 Å². The molecule has 2 heterocycles. The summed E-state index contributed by atoms with van der Waals surface area (Å²) < 4.78 is 5.59. The van der Waals surface area contributed by atoms with E-state index in [2.05, 4.69) is 0 Å². The fourth-order valence-electron chi connectivity index (χ4n) is 2.82. The molecule has 2 amide bonds. The summed E-state index contributed by atoms with van der Waals surface area (Å²) in [5, 5.41) is 0. The summed E-state index contributed by atoms with van der Waals surface area (Å²) in [5.74, 6) is 0.0715. The quantitative estimate of drug-likeness (QED) is 0.760. The number of piperidine rings is 1. The summed E-state index contributed by atoms with van der Waals surface area (Å²) >= 11 is 0. The molecule has 0 bridgehead atoms. The zero-order valence-electron chi connectivity index (χ0n) is 11.9. The lowest BCUT2D eigenvalue weighted by Gasteiger charge is -2.32. The van der Waals surface area contributed by atoms with Gasteiger partial charge in [0.25, 0.3) is 0 Å². The van der Waals surface area contributed by atoms with Crippen LogP contribution in [0.25, 0.3) is 0 Å². The predicted molar refractivity (Wildman–Crippen MR) is 71.6 cm³/mol. The highest BCUT2D eigenvalue weighted by Crippen LogP contribution is 2.21. The third-order valence-corrected chi connectivity index (χ3v) is 4.15. The number of amides is 2. The average Bonchev–Trinajstić information content (AvgIpc) is 2.91. The van der Waals surface area contributed by atoms with Crippen LogP contribution in [0.4, 0.5) is 0 Å². The van der Waals surface area contributed by atoms with Crippen LogP contribution < -0.4 is 0 Å². The molecule has 0 aliphatic carbocycles. The van der Waals surface area contributed by atoms with E-state index in [0.717, 1.165) is 25.9 Å². The Morgan fingerprint density at radius 3 is 2.84 bits per heavy atom. The van der Waals surface area contributed by atoms with Gasteiger partial charge in [-0.1, -0.05) is 0 Å². The molecule has 108 valence electrons. The minimum atomic E-state index is -0.134. The van der Waals surface area contributed by atoms with Gasteiger partial charge in [0.15, 0.2) is 0 Å². The second-order valence-electron chi connectivity index (χ2n) is 5.52. The van der Waals surface area contributed by atoms with Gasteiger partial charge in [-0.3, -0.25) is 9.59 Å². The molecule has 5 heteroatoms. The minimum absolute atomic E-state index is 0.0813. The number of hydrogen-bond donors (Lipinski definition) is 0. The number of hydrogen-bond acceptors (Lipinski definition) is 3. The van der Waals surface area contributed by atoms with Gasteiger partial charge < -0.3 is 14.5 Å². The molecule has 0 aromatic heterocycles. The van der Waals surface area contributed by atoms with E-state index in [9.17, 15) is 9.59 Å². The molecular weight excluding hydrogens is 244 g/mol. The molecule has 0 unspecified atom stereocenters. The number of nitrogens with zero attached hydrogens (tertiary/aromatic N) is 2. The van der Waals surface area contributed by atoms with Gasteiger partial charge in [0.05, 0.1) is 6.10 Å². The smallest absolute Gasteiger partial charge is 0.226 e. The van der Waals surface area contributed by atoms with E-state index in [1.54, 1.807) is 11.9 Å². The van der Waals surface area contributed by atoms with Gasteiger partial charge >= 0.3 is 0 Å². The van der Waals surface area contributed by atoms with Crippen LogP contribution in [-0.2, 0) is 14.3 Å². The first kappa shape index (κ1) is 14.3. The van der Waals surface area contributed by atoms with Crippen molar-refractivity contribution in [2.24, 2.45) is 5.92 Å². The molecule has 2 atom stereocenters. The maximum atomic E-state index is 12.5. The largest absolute Gasteiger partial charge is 0.376 e. The standard InChI is InChI=1S/C14H24N2O3/c1-3-16(10-12-5-4-8-19-12)14(18)11-6-7-15(2)13(17)9-11/h11-12H,3-10H2,1-2H3/t11-,12-/m0/s1. The van der Waals surface area contributed by atoms with Crippen LogP contribution in [-0.4, -0.2) is 61.0 Å². The van der Waals surface area contributed by atoms with Crippen LogP contribution in [0.15, 0.2) is 0 Å². The van der Waals surface area contributed by atoms with Crippen LogP contribution in [0, 0.1) is 5.92 Å². The van der Waals surface area contributed by atoms with Gasteiger partial charge in [0.2, 0.25) is 11.8 Å². The van der Waals surface area contributed by atoms with Crippen molar-refractivity contribution in [3.63, 3.8) is 0 Å². The molecule has 19 heavy (non-hydrogen) atoms. The Bertz CT molecular complexity index is 340. The molecule has 0 aromatic carbocycles. The summed E-state index contributed by atoms with van der Waals surface area (Å²) in [6, 6.07) is 0. The number of likely N-dealkylation sites (N-methyl/N-ethyl adjacent to an activating group) is 1. The molecular formula is C14H24N2O3. The van der Waals surface area contributed by atoms with E-state index in [-0.39, 0.29) is 23.8 Å². The van der Waals surface area contributed by atoms with E-state index in [4.69, 9.17) is 4.74 Å². The van der Waals surface area contributed by atoms with Crippen molar-refractivity contribution in [2.45, 2.75) is 38.7 Å². The van der Waals surface area contributed by atoms with E-state index in [1.807, 2.05) is 11.8 Å². The highest BCUT2D eigenvalue weighted by atomic mass is 16.5. The van der Waals surface area contributed by atoms with Gasteiger partial charge in [0, 0.05) is 45.6 Å². The highest BCUT2D eigenvalue weighted by Gasteiger charge is 2.32. The van der Waals surface area contributed by atoms with Gasteiger partial charge in [-0.2, -0.15) is 0 Å². The lowest BCUT2D eigenvalue weighted by molar-refractivity contribution is -0.145. The van der Waals surface area contributed by atoms with Crippen molar-refractivity contribution in [1.82, 2.24) is 9.80 Å². The molecule has 0 N–H and O–H groups in total. The zero-order chi connectivity index (χ0) is 13.8. The number of likely N-dealkylation sites (tertiary alicyclic amines) is 1. The molecule has 5 nitrogen and oxygen atoms in total. The average molecular weight is 268 g/mol. The van der Waals surface area contributed by atoms with Gasteiger partial charge in [0.1, 0.15) is 0 Å². The molecule has 0 spiro atoms. The van der Waals surface area contributed by atoms with Gasteiger partial charge in [-0.25, -0.2) is 0 Å². The van der Waals surface area contributed by atoms with Crippen LogP contribution >= 0.6 is 0 Å². The van der Waals surface area contributed by atoms with Crippen LogP contribution in [0.1, 0.15) is 32.6 Å². The maximum Gasteiger partial charge on any atom is 0.226 e. The summed E-state index contributed by atoms with van der Waals surface area (Å²) in [6.07, 6.45) is 3.45. The Labute approximate surface area is 114 Å². The Kier molecular flexibility index (Phi) is 4.80. The Morgan fingerprint density at radius 2 is 2.26 bits per heavy atom. The third kappa shape index (κ3) is 3.47. The first-order valence-electron chi connectivity index (χ1n) is 7.26. The topological polar surface area (TPSA) is 49.9 Å². The fraction of sp³-hybridized carbons (Fsp3) is 0.857. The Balaban J connectivity index is 1.90. The normalized spacial score (nSPS) is 27.7. The molecule has 0 radical (unpaired) electrons. The monoisotopic (exact) mass is 268 g/mol. The lowest BCUT2D eigenvalue weighted by Crippen LogP contribution is -2.45. The number of carbonyl (C=O) groups is 2. The minimum Gasteiger partial charge on any atom is -0.376 e. The Morgan fingerprint density at radius 1 is 1.47 bits per heavy atom. The van der Waals surface area contributed by atoms with Crippen molar-refractivity contribution in [3.8, 4) is 0 Å². The van der Waals surface area contributed by atoms with E-state index in [0.29, 0.717) is 26.1 Å². The SMILES string of the molecule is CCN(C[C@@H]1CCCO1)C(=O)[C@H]1CCN(C)C(=O)C1. The molecule has 2 aliphatic rings. The zero-order valence-corrected chi connectivity index (χ0v) is 11.9. The van der Waals surface area contributed by atoms with Gasteiger partial charge in [-0.05, 0) is 26.2 Å². The van der Waals surface area contributed by atoms with Crippen LogP contribution in [0.5, 0.6) is 0 Å². The lowest BCUT2D eigenvalue weighted by atomic mass is 9.95. The van der Waals surface area contributed by atoms with Crippen LogP contribution in [0.3, 0.4) is 0 Å². The molecule has 2 rings (SSSR count). The number of ether oxygens (including phenoxy) is 1. The summed E-state index contributed by atoms with van der Waals surface area (Å²) in [4.78, 5) is 27.7. The molecule has 0 aromatic rings. The molecule has 2 saturated heterocycles. The van der Waals surface area contributed by atoms with Crippen molar-refractivity contribution in [1.29, 1.82) is 0 Å².